The van der Waals surface area contributed by atoms with Gasteiger partial charge in [0.15, 0.2) is 5.16 Å². The quantitative estimate of drug-likeness (QED) is 0.638. The Labute approximate surface area is 162 Å². The number of nitrogens with zero attached hydrogens (tertiary/aromatic N) is 3. The Morgan fingerprint density at radius 1 is 1.19 bits per heavy atom. The molecule has 0 fully saturated rings. The van der Waals surface area contributed by atoms with E-state index in [0.29, 0.717) is 16.4 Å². The van der Waals surface area contributed by atoms with Gasteiger partial charge in [0.25, 0.3) is 0 Å². The lowest BCUT2D eigenvalue weighted by atomic mass is 10.1. The molecular weight excluding hydrogens is 363 g/mol. The summed E-state index contributed by atoms with van der Waals surface area (Å²) in [4.78, 5) is 12.5. The predicted molar refractivity (Wildman–Crippen MR) is 105 cm³/mol. The number of aromatic nitrogens is 3. The maximum atomic E-state index is 13.7. The maximum Gasteiger partial charge on any atom is 0.237 e. The summed E-state index contributed by atoms with van der Waals surface area (Å²) in [6.45, 7) is 5.53. The number of nitrogens with one attached hydrogen (secondary N) is 1. The van der Waals surface area contributed by atoms with E-state index in [2.05, 4.69) is 22.4 Å². The fourth-order valence-electron chi connectivity index (χ4n) is 2.60. The summed E-state index contributed by atoms with van der Waals surface area (Å²) in [5.74, 6) is -0.560. The molecule has 0 aliphatic carbocycles. The van der Waals surface area contributed by atoms with Gasteiger partial charge in [0.2, 0.25) is 5.91 Å². The molecule has 3 rings (SSSR count). The molecule has 2 aromatic carbocycles. The second-order valence-electron chi connectivity index (χ2n) is 6.32. The number of anilines is 1. The van der Waals surface area contributed by atoms with E-state index in [-0.39, 0.29) is 17.8 Å². The van der Waals surface area contributed by atoms with Crippen LogP contribution < -0.4 is 5.32 Å². The molecule has 27 heavy (non-hydrogen) atoms. The summed E-state index contributed by atoms with van der Waals surface area (Å²) in [5.41, 5.74) is 2.11. The van der Waals surface area contributed by atoms with Crippen LogP contribution in [-0.2, 0) is 4.79 Å². The number of aryl methyl sites for hydroxylation is 1. The summed E-state index contributed by atoms with van der Waals surface area (Å²) in [7, 11) is 0. The van der Waals surface area contributed by atoms with E-state index in [1.807, 2.05) is 34.9 Å². The van der Waals surface area contributed by atoms with E-state index >= 15 is 0 Å². The molecule has 0 radical (unpaired) electrons. The second kappa shape index (κ2) is 8.35. The van der Waals surface area contributed by atoms with E-state index in [0.717, 1.165) is 5.56 Å². The first-order valence-electron chi connectivity index (χ1n) is 8.64. The second-order valence-corrected chi connectivity index (χ2v) is 7.63. The largest absolute Gasteiger partial charge is 0.325 e. The van der Waals surface area contributed by atoms with Crippen LogP contribution in [0.15, 0.2) is 60.0 Å². The van der Waals surface area contributed by atoms with Crippen LogP contribution in [0.3, 0.4) is 0 Å². The molecule has 1 heterocycles. The topological polar surface area (TPSA) is 59.8 Å². The van der Waals surface area contributed by atoms with Gasteiger partial charge in [0.1, 0.15) is 12.1 Å². The Morgan fingerprint density at radius 2 is 1.93 bits per heavy atom. The highest BCUT2D eigenvalue weighted by molar-refractivity contribution is 8.00. The van der Waals surface area contributed by atoms with Gasteiger partial charge in [0, 0.05) is 5.69 Å². The zero-order valence-electron chi connectivity index (χ0n) is 15.4. The molecule has 0 spiro atoms. The first kappa shape index (κ1) is 19.1. The fourth-order valence-corrected chi connectivity index (χ4v) is 3.50. The van der Waals surface area contributed by atoms with Crippen molar-refractivity contribution in [3.05, 3.63) is 71.8 Å². The van der Waals surface area contributed by atoms with E-state index in [9.17, 15) is 9.18 Å². The standard InChI is InChI=1S/C20H21FN4OS/c1-13-9-10-17(11-18(13)21)23-19(26)15(3)27-20-24-22-12-25(20)14(2)16-7-5-4-6-8-16/h4-12,14-15H,1-3H3,(H,23,26). The van der Waals surface area contributed by atoms with Gasteiger partial charge >= 0.3 is 0 Å². The number of amides is 1. The van der Waals surface area contributed by atoms with Gasteiger partial charge in [-0.05, 0) is 44.0 Å². The Bertz CT molecular complexity index is 929. The lowest BCUT2D eigenvalue weighted by Gasteiger charge is -2.17. The summed E-state index contributed by atoms with van der Waals surface area (Å²) in [6, 6.07) is 14.7. The monoisotopic (exact) mass is 384 g/mol. The van der Waals surface area contributed by atoms with Crippen molar-refractivity contribution in [2.24, 2.45) is 0 Å². The van der Waals surface area contributed by atoms with Gasteiger partial charge in [-0.15, -0.1) is 10.2 Å². The van der Waals surface area contributed by atoms with Crippen molar-refractivity contribution in [1.82, 2.24) is 14.8 Å². The van der Waals surface area contributed by atoms with Crippen LogP contribution in [0, 0.1) is 12.7 Å². The first-order valence-corrected chi connectivity index (χ1v) is 9.52. The average Bonchev–Trinajstić information content (AvgIpc) is 3.12. The van der Waals surface area contributed by atoms with Crippen molar-refractivity contribution in [2.45, 2.75) is 37.2 Å². The summed E-state index contributed by atoms with van der Waals surface area (Å²) in [6.07, 6.45) is 1.67. The van der Waals surface area contributed by atoms with E-state index in [1.165, 1.54) is 17.8 Å². The molecular formula is C20H21FN4OS. The minimum absolute atomic E-state index is 0.0464. The Kier molecular flexibility index (Phi) is 5.91. The number of carbonyl (C=O) groups is 1. The number of hydrogen-bond donors (Lipinski definition) is 1. The molecule has 0 bridgehead atoms. The van der Waals surface area contributed by atoms with Gasteiger partial charge in [0.05, 0.1) is 11.3 Å². The molecule has 5 nitrogen and oxygen atoms in total. The van der Waals surface area contributed by atoms with Crippen LogP contribution in [0.1, 0.15) is 31.0 Å². The van der Waals surface area contributed by atoms with E-state index in [4.69, 9.17) is 0 Å². The Morgan fingerprint density at radius 3 is 2.63 bits per heavy atom. The van der Waals surface area contributed by atoms with Crippen LogP contribution in [0.4, 0.5) is 10.1 Å². The molecule has 0 aliphatic rings. The third-order valence-electron chi connectivity index (χ3n) is 4.33. The predicted octanol–water partition coefficient (Wildman–Crippen LogP) is 4.45. The van der Waals surface area contributed by atoms with Crippen LogP contribution in [-0.4, -0.2) is 25.9 Å². The minimum atomic E-state index is -0.416. The zero-order chi connectivity index (χ0) is 19.4. The van der Waals surface area contributed by atoms with Crippen molar-refractivity contribution in [2.75, 3.05) is 5.32 Å². The van der Waals surface area contributed by atoms with Crippen LogP contribution in [0.5, 0.6) is 0 Å². The third kappa shape index (κ3) is 4.54. The SMILES string of the molecule is Cc1ccc(NC(=O)C(C)Sc2nncn2C(C)c2ccccc2)cc1F. The number of benzene rings is 2. The molecule has 1 amide bonds. The lowest BCUT2D eigenvalue weighted by molar-refractivity contribution is -0.115. The van der Waals surface area contributed by atoms with Crippen LogP contribution in [0.25, 0.3) is 0 Å². The normalized spacial score (nSPS) is 13.2. The maximum absolute atomic E-state index is 13.7. The zero-order valence-corrected chi connectivity index (χ0v) is 16.2. The molecule has 0 saturated heterocycles. The molecule has 7 heteroatoms. The van der Waals surface area contributed by atoms with Crippen molar-refractivity contribution >= 4 is 23.4 Å². The van der Waals surface area contributed by atoms with Crippen molar-refractivity contribution in [1.29, 1.82) is 0 Å². The van der Waals surface area contributed by atoms with Crippen LogP contribution >= 0.6 is 11.8 Å². The molecule has 3 aromatic rings. The van der Waals surface area contributed by atoms with E-state index < -0.39 is 5.25 Å². The first-order chi connectivity index (χ1) is 13.0. The average molecular weight is 384 g/mol. The minimum Gasteiger partial charge on any atom is -0.325 e. The third-order valence-corrected chi connectivity index (χ3v) is 5.40. The van der Waals surface area contributed by atoms with Gasteiger partial charge in [-0.3, -0.25) is 4.79 Å². The van der Waals surface area contributed by atoms with Crippen molar-refractivity contribution < 1.29 is 9.18 Å². The number of rotatable bonds is 6. The van der Waals surface area contributed by atoms with E-state index in [1.54, 1.807) is 32.3 Å². The van der Waals surface area contributed by atoms with Gasteiger partial charge in [-0.1, -0.05) is 48.2 Å². The van der Waals surface area contributed by atoms with Gasteiger partial charge < -0.3 is 9.88 Å². The number of hydrogen-bond acceptors (Lipinski definition) is 4. The lowest BCUT2D eigenvalue weighted by Crippen LogP contribution is -2.23. The molecule has 140 valence electrons. The highest BCUT2D eigenvalue weighted by Crippen LogP contribution is 2.27. The summed E-state index contributed by atoms with van der Waals surface area (Å²) >= 11 is 1.32. The number of halogens is 1. The van der Waals surface area contributed by atoms with Gasteiger partial charge in [-0.25, -0.2) is 4.39 Å². The van der Waals surface area contributed by atoms with Crippen molar-refractivity contribution in [3.63, 3.8) is 0 Å². The highest BCUT2D eigenvalue weighted by Gasteiger charge is 2.20. The smallest absolute Gasteiger partial charge is 0.237 e. The fraction of sp³-hybridized carbons (Fsp3) is 0.250. The molecule has 1 aromatic heterocycles. The molecule has 2 unspecified atom stereocenters. The summed E-state index contributed by atoms with van der Waals surface area (Å²) < 4.78 is 15.6. The Balaban J connectivity index is 1.69. The highest BCUT2D eigenvalue weighted by atomic mass is 32.2. The van der Waals surface area contributed by atoms with Crippen LogP contribution in [0.2, 0.25) is 0 Å². The molecule has 2 atom stereocenters. The molecule has 1 N–H and O–H groups in total. The number of carbonyl (C=O) groups excluding carboxylic acids is 1. The summed E-state index contributed by atoms with van der Waals surface area (Å²) in [5, 5.41) is 11.1. The molecule has 0 aliphatic heterocycles. The number of thioether (sulfide) groups is 1. The molecule has 0 saturated carbocycles. The van der Waals surface area contributed by atoms with Gasteiger partial charge in [-0.2, -0.15) is 0 Å². The Hall–Kier alpha value is -2.67. The van der Waals surface area contributed by atoms with Crippen molar-refractivity contribution in [3.8, 4) is 0 Å².